The van der Waals surface area contributed by atoms with Crippen LogP contribution in [0.1, 0.15) is 12.8 Å². The van der Waals surface area contributed by atoms with Gasteiger partial charge in [-0.2, -0.15) is 0 Å². The molecule has 2 rings (SSSR count). The molecule has 1 fully saturated rings. The van der Waals surface area contributed by atoms with Crippen molar-refractivity contribution in [1.82, 2.24) is 4.98 Å². The molecule has 0 aromatic carbocycles. The van der Waals surface area contributed by atoms with Crippen molar-refractivity contribution < 1.29 is 9.66 Å². The Morgan fingerprint density at radius 2 is 2.36 bits per heavy atom. The molecule has 0 radical (unpaired) electrons. The summed E-state index contributed by atoms with van der Waals surface area (Å²) in [6, 6.07) is 1.28. The van der Waals surface area contributed by atoms with Crippen LogP contribution in [-0.4, -0.2) is 16.0 Å². The van der Waals surface area contributed by atoms with Crippen molar-refractivity contribution >= 4 is 17.3 Å². The zero-order valence-electron chi connectivity index (χ0n) is 7.14. The summed E-state index contributed by atoms with van der Waals surface area (Å²) < 4.78 is 5.31. The normalized spacial score (nSPS) is 15.2. The first kappa shape index (κ1) is 9.21. The molecule has 0 spiro atoms. The van der Waals surface area contributed by atoms with Crippen LogP contribution >= 0.6 is 11.6 Å². The van der Waals surface area contributed by atoms with Crippen molar-refractivity contribution in [3.63, 3.8) is 0 Å². The summed E-state index contributed by atoms with van der Waals surface area (Å²) in [5.74, 6) is 0.0849. The van der Waals surface area contributed by atoms with Gasteiger partial charge in [-0.05, 0) is 12.8 Å². The zero-order valence-corrected chi connectivity index (χ0v) is 7.90. The highest BCUT2D eigenvalue weighted by Crippen LogP contribution is 2.37. The lowest BCUT2D eigenvalue weighted by molar-refractivity contribution is -0.386. The fourth-order valence-corrected chi connectivity index (χ4v) is 1.22. The first-order valence-corrected chi connectivity index (χ1v) is 4.52. The summed E-state index contributed by atoms with van der Waals surface area (Å²) in [6.07, 6.45) is 3.20. The third kappa shape index (κ3) is 1.77. The summed E-state index contributed by atoms with van der Waals surface area (Å²) in [4.78, 5) is 13.8. The first-order valence-electron chi connectivity index (χ1n) is 4.14. The van der Waals surface area contributed by atoms with Crippen molar-refractivity contribution in [3.8, 4) is 5.75 Å². The van der Waals surface area contributed by atoms with Gasteiger partial charge in [0.15, 0.2) is 5.15 Å². The third-order valence-corrected chi connectivity index (χ3v) is 2.12. The van der Waals surface area contributed by atoms with Gasteiger partial charge in [0.25, 0.3) is 0 Å². The van der Waals surface area contributed by atoms with E-state index in [4.69, 9.17) is 16.3 Å². The van der Waals surface area contributed by atoms with E-state index < -0.39 is 4.92 Å². The van der Waals surface area contributed by atoms with Crippen LogP contribution in [0, 0.1) is 10.1 Å². The van der Waals surface area contributed by atoms with Crippen LogP contribution in [0.15, 0.2) is 12.3 Å². The number of halogens is 1. The van der Waals surface area contributed by atoms with Crippen LogP contribution in [0.5, 0.6) is 5.75 Å². The molecule has 74 valence electrons. The fraction of sp³-hybridized carbons (Fsp3) is 0.375. The van der Waals surface area contributed by atoms with E-state index in [9.17, 15) is 10.1 Å². The molecule has 1 aliphatic carbocycles. The van der Waals surface area contributed by atoms with E-state index in [-0.39, 0.29) is 22.7 Å². The molecule has 0 N–H and O–H groups in total. The second-order valence-corrected chi connectivity index (χ2v) is 3.38. The third-order valence-electron chi connectivity index (χ3n) is 1.85. The lowest BCUT2D eigenvalue weighted by Crippen LogP contribution is -2.01. The average molecular weight is 215 g/mol. The maximum Gasteiger partial charge on any atom is 0.315 e. The Morgan fingerprint density at radius 1 is 1.64 bits per heavy atom. The minimum atomic E-state index is -0.523. The minimum Gasteiger partial charge on any atom is -0.481 e. The highest BCUT2D eigenvalue weighted by Gasteiger charge is 2.29. The smallest absolute Gasteiger partial charge is 0.315 e. The van der Waals surface area contributed by atoms with E-state index in [2.05, 4.69) is 4.98 Å². The molecule has 0 aliphatic heterocycles. The molecule has 0 atom stereocenters. The number of rotatable bonds is 3. The number of aromatic nitrogens is 1. The predicted octanol–water partition coefficient (Wildman–Crippen LogP) is 2.18. The highest BCUT2D eigenvalue weighted by molar-refractivity contribution is 6.31. The van der Waals surface area contributed by atoms with Crippen LogP contribution in [0.4, 0.5) is 5.69 Å². The predicted molar refractivity (Wildman–Crippen MR) is 49.6 cm³/mol. The van der Waals surface area contributed by atoms with Crippen molar-refractivity contribution in [2.24, 2.45) is 0 Å². The van der Waals surface area contributed by atoms with E-state index in [1.165, 1.54) is 12.3 Å². The van der Waals surface area contributed by atoms with Gasteiger partial charge in [-0.1, -0.05) is 11.6 Å². The van der Waals surface area contributed by atoms with E-state index in [1.54, 1.807) is 0 Å². The van der Waals surface area contributed by atoms with Gasteiger partial charge in [0.2, 0.25) is 5.75 Å². The maximum atomic E-state index is 10.6. The lowest BCUT2D eigenvalue weighted by Gasteiger charge is -2.05. The SMILES string of the molecule is O=[N+]([O-])c1ccnc(Cl)c1OC1CC1. The molecule has 1 aromatic rings. The molecular weight excluding hydrogens is 208 g/mol. The van der Waals surface area contributed by atoms with Gasteiger partial charge in [-0.15, -0.1) is 0 Å². The van der Waals surface area contributed by atoms with Crippen molar-refractivity contribution in [3.05, 3.63) is 27.5 Å². The van der Waals surface area contributed by atoms with Gasteiger partial charge in [0.1, 0.15) is 0 Å². The molecule has 1 aliphatic rings. The van der Waals surface area contributed by atoms with Crippen LogP contribution in [0.25, 0.3) is 0 Å². The summed E-state index contributed by atoms with van der Waals surface area (Å²) >= 11 is 5.70. The van der Waals surface area contributed by atoms with Crippen LogP contribution in [-0.2, 0) is 0 Å². The molecule has 1 aromatic heterocycles. The Hall–Kier alpha value is -1.36. The van der Waals surface area contributed by atoms with Crippen molar-refractivity contribution in [2.75, 3.05) is 0 Å². The molecule has 5 nitrogen and oxygen atoms in total. The second-order valence-electron chi connectivity index (χ2n) is 3.02. The summed E-state index contributed by atoms with van der Waals surface area (Å²) in [5, 5.41) is 10.7. The Bertz CT molecular complexity index is 379. The quantitative estimate of drug-likeness (QED) is 0.440. The molecule has 1 heterocycles. The Balaban J connectivity index is 2.36. The highest BCUT2D eigenvalue weighted by atomic mass is 35.5. The number of nitro groups is 1. The summed E-state index contributed by atoms with van der Waals surface area (Å²) in [6.45, 7) is 0. The molecule has 0 saturated heterocycles. The van der Waals surface area contributed by atoms with Crippen molar-refractivity contribution in [2.45, 2.75) is 18.9 Å². The Morgan fingerprint density at radius 3 is 2.93 bits per heavy atom. The van der Waals surface area contributed by atoms with Gasteiger partial charge in [-0.3, -0.25) is 10.1 Å². The molecule has 1 saturated carbocycles. The molecular formula is C8H7ClN2O3. The first-order chi connectivity index (χ1) is 6.68. The number of pyridine rings is 1. The van der Waals surface area contributed by atoms with E-state index in [1.807, 2.05) is 0 Å². The van der Waals surface area contributed by atoms with Crippen molar-refractivity contribution in [1.29, 1.82) is 0 Å². The molecule has 0 bridgehead atoms. The average Bonchev–Trinajstić information content (AvgIpc) is 2.91. The van der Waals surface area contributed by atoms with Gasteiger partial charge in [0, 0.05) is 12.3 Å². The number of nitrogens with zero attached hydrogens (tertiary/aromatic N) is 2. The Kier molecular flexibility index (Phi) is 2.25. The molecule has 0 amide bonds. The van der Waals surface area contributed by atoms with Crippen LogP contribution in [0.3, 0.4) is 0 Å². The van der Waals surface area contributed by atoms with Gasteiger partial charge < -0.3 is 4.74 Å². The standard InChI is InChI=1S/C8H7ClN2O3/c9-8-7(14-5-1-2-5)6(11(12)13)3-4-10-8/h3-5H,1-2H2. The van der Waals surface area contributed by atoms with Gasteiger partial charge in [-0.25, -0.2) is 4.98 Å². The fourth-order valence-electron chi connectivity index (χ4n) is 1.02. The van der Waals surface area contributed by atoms with E-state index in [0.717, 1.165) is 12.8 Å². The van der Waals surface area contributed by atoms with Gasteiger partial charge in [0.05, 0.1) is 11.0 Å². The summed E-state index contributed by atoms with van der Waals surface area (Å²) in [7, 11) is 0. The zero-order chi connectivity index (χ0) is 10.1. The molecule has 0 unspecified atom stereocenters. The topological polar surface area (TPSA) is 65.3 Å². The second kappa shape index (κ2) is 3.42. The number of hydrogen-bond acceptors (Lipinski definition) is 4. The monoisotopic (exact) mass is 214 g/mol. The molecule has 6 heteroatoms. The number of ether oxygens (including phenoxy) is 1. The molecule has 14 heavy (non-hydrogen) atoms. The lowest BCUT2D eigenvalue weighted by atomic mass is 10.4. The van der Waals surface area contributed by atoms with Crippen LogP contribution in [0.2, 0.25) is 5.15 Å². The van der Waals surface area contributed by atoms with Crippen LogP contribution < -0.4 is 4.74 Å². The number of hydrogen-bond donors (Lipinski definition) is 0. The van der Waals surface area contributed by atoms with E-state index >= 15 is 0 Å². The largest absolute Gasteiger partial charge is 0.481 e. The Labute approximate surface area is 84.8 Å². The summed E-state index contributed by atoms with van der Waals surface area (Å²) in [5.41, 5.74) is -0.128. The maximum absolute atomic E-state index is 10.6. The van der Waals surface area contributed by atoms with E-state index in [0.29, 0.717) is 0 Å². The minimum absolute atomic E-state index is 0.0473. The van der Waals surface area contributed by atoms with Gasteiger partial charge >= 0.3 is 5.69 Å².